The standard InChI is InChI=1S/C21H23N10O2.Lr/c1-29-7-5-15(20(29)32)18-12-31(28-27-18)19-9-14(33-3)8-17(25-19)16-4-6-22-21(26-16)24-13-10-23-30(2)11-13;/h4,6,8-12,15,32H,5,7H2,1-3H3,(H,22,24,26);/q-1;/t15-;/m0./s1. The number of likely N-dealkylation sites (tertiary alicyclic amines) is 1. The Kier molecular flexibility index (Phi) is 5.85. The minimum Gasteiger partial charge on any atom is -0.547 e. The molecule has 1 aliphatic heterocycles. The molecule has 5 heterocycles. The molecule has 1 aliphatic rings. The van der Waals surface area contributed by atoms with Crippen molar-refractivity contribution in [3.63, 3.8) is 0 Å². The molecule has 1 fully saturated rings. The Hall–Kier alpha value is -4.90. The van der Waals surface area contributed by atoms with E-state index in [4.69, 9.17) is 9.72 Å². The molecule has 1 radical (unpaired) electrons. The molecule has 12 nitrogen and oxygen atoms in total. The summed E-state index contributed by atoms with van der Waals surface area (Å²) < 4.78 is 8.74. The van der Waals surface area contributed by atoms with Crippen LogP contribution in [0.2, 0.25) is 0 Å². The third-order valence-corrected chi connectivity index (χ3v) is 5.46. The van der Waals surface area contributed by atoms with Crippen molar-refractivity contribution in [2.45, 2.75) is 12.3 Å². The van der Waals surface area contributed by atoms with Crippen LogP contribution in [-0.4, -0.2) is 70.4 Å². The predicted octanol–water partition coefficient (Wildman–Crippen LogP) is 1.89. The molecule has 0 unspecified atom stereocenters. The number of methoxy groups -OCH3 is 1. The summed E-state index contributed by atoms with van der Waals surface area (Å²) in [6.45, 7) is 0.772. The minimum absolute atomic E-state index is 0. The van der Waals surface area contributed by atoms with E-state index in [9.17, 15) is 5.11 Å². The van der Waals surface area contributed by atoms with Crippen LogP contribution in [0.15, 0.2) is 43.0 Å². The first-order chi connectivity index (χ1) is 16.0. The zero-order chi connectivity index (χ0) is 22.9. The van der Waals surface area contributed by atoms with E-state index in [1.165, 1.54) is 0 Å². The van der Waals surface area contributed by atoms with Crippen LogP contribution in [-0.2, 0) is 7.05 Å². The molecule has 0 bridgehead atoms. The molecule has 4 aromatic rings. The molecule has 0 saturated carbocycles. The van der Waals surface area contributed by atoms with Gasteiger partial charge in [-0.25, -0.2) is 19.6 Å². The molecule has 0 aromatic carbocycles. The number of likely N-dealkylation sites (N-methyl/N-ethyl adjacent to an activating group) is 1. The molecule has 0 aliphatic carbocycles. The van der Waals surface area contributed by atoms with E-state index in [-0.39, 0.29) is 5.92 Å². The van der Waals surface area contributed by atoms with Crippen molar-refractivity contribution in [1.82, 2.24) is 44.6 Å². The molecule has 185 valence electrons. The molecular formula is C21H23LrN10O2-. The number of nitrogens with one attached hydrogen (secondary N) is 1. The van der Waals surface area contributed by atoms with E-state index in [0.29, 0.717) is 40.8 Å². The fourth-order valence-corrected chi connectivity index (χ4v) is 3.70. The van der Waals surface area contributed by atoms with Gasteiger partial charge in [0, 0.05) is 31.6 Å². The molecule has 1 atom stereocenters. The SMILES string of the molecule is COc1cc(-c2ccnc(Nc3cnn(C)c3)n2)nc(-n2cc([C@@H]3CCN(C)[C-]3O)nn2)c1.[Lr]. The summed E-state index contributed by atoms with van der Waals surface area (Å²) in [7, 11) is 5.28. The average Bonchev–Trinajstić information content (AvgIpc) is 3.55. The number of aliphatic hydroxyl groups is 1. The number of nitrogens with zero attached hydrogens (tertiary/aromatic N) is 9. The van der Waals surface area contributed by atoms with Gasteiger partial charge in [-0.05, 0) is 19.7 Å². The third-order valence-electron chi connectivity index (χ3n) is 5.46. The van der Waals surface area contributed by atoms with Crippen LogP contribution in [0, 0.1) is 6.23 Å². The van der Waals surface area contributed by atoms with Crippen LogP contribution in [0.3, 0.4) is 0 Å². The number of hydrogen-bond donors (Lipinski definition) is 2. The fourth-order valence-electron chi connectivity index (χ4n) is 3.70. The van der Waals surface area contributed by atoms with Crippen LogP contribution in [0.4, 0.5) is 11.6 Å². The number of rotatable bonds is 6. The van der Waals surface area contributed by atoms with Crippen LogP contribution < -0.4 is 10.1 Å². The molecule has 0 amide bonds. The van der Waals surface area contributed by atoms with Crippen molar-refractivity contribution < 1.29 is 9.84 Å². The van der Waals surface area contributed by atoms with Gasteiger partial charge in [-0.15, -0.1) is 11.3 Å². The summed E-state index contributed by atoms with van der Waals surface area (Å²) in [6.07, 6.45) is 8.04. The molecule has 13 heteroatoms. The normalized spacial score (nSPS) is 16.4. The second-order valence-electron chi connectivity index (χ2n) is 7.75. The minimum atomic E-state index is -0.170. The monoisotopic (exact) mass is 709 g/mol. The van der Waals surface area contributed by atoms with Gasteiger partial charge in [-0.2, -0.15) is 5.10 Å². The predicted molar refractivity (Wildman–Crippen MR) is 118 cm³/mol. The first-order valence-electron chi connectivity index (χ1n) is 10.3. The Bertz CT molecular complexity index is 1280. The molecule has 4 aromatic heterocycles. The quantitative estimate of drug-likeness (QED) is 0.287. The summed E-state index contributed by atoms with van der Waals surface area (Å²) >= 11 is 0. The van der Waals surface area contributed by atoms with Gasteiger partial charge >= 0.3 is 0 Å². The fraction of sp³-hybridized carbons (Fsp3) is 0.286. The number of aliphatic hydroxyl groups excluding tert-OH is 1. The Labute approximate surface area is 189 Å². The molecule has 1 saturated heterocycles. The van der Waals surface area contributed by atoms with Crippen LogP contribution in [0.1, 0.15) is 18.0 Å². The number of aryl methyl sites for hydroxylation is 1. The van der Waals surface area contributed by atoms with Crippen LogP contribution >= 0.6 is 0 Å². The Balaban J connectivity index is 0.00000274. The van der Waals surface area contributed by atoms with Gasteiger partial charge in [-0.3, -0.25) is 4.68 Å². The zero-order valence-electron chi connectivity index (χ0n) is 18.7. The molecular weight excluding hydrogens is 686 g/mol. The summed E-state index contributed by atoms with van der Waals surface area (Å²) in [5, 5.41) is 26.1. The maximum atomic E-state index is 10.3. The first kappa shape index (κ1) is 22.3. The molecule has 0 spiro atoms. The second kappa shape index (κ2) is 8.92. The summed E-state index contributed by atoms with van der Waals surface area (Å²) in [6, 6.07) is 5.33. The van der Waals surface area contributed by atoms with Gasteiger partial charge in [0.15, 0.2) is 5.82 Å². The van der Waals surface area contributed by atoms with Gasteiger partial charge in [0.1, 0.15) is 5.75 Å². The largest absolute Gasteiger partial charge is 0.547 e. The molecule has 34 heavy (non-hydrogen) atoms. The number of pyridine rings is 1. The molecule has 5 rings (SSSR count). The summed E-state index contributed by atoms with van der Waals surface area (Å²) in [5.74, 6) is 1.37. The average molecular weight is 709 g/mol. The van der Waals surface area contributed by atoms with E-state index < -0.39 is 0 Å². The van der Waals surface area contributed by atoms with Crippen LogP contribution in [0.5, 0.6) is 5.75 Å². The first-order valence-corrected chi connectivity index (χ1v) is 10.3. The van der Waals surface area contributed by atoms with Gasteiger partial charge < -0.3 is 20.1 Å². The zero-order valence-corrected chi connectivity index (χ0v) is 20.8. The van der Waals surface area contributed by atoms with E-state index in [1.807, 2.05) is 25.2 Å². The van der Waals surface area contributed by atoms with Crippen molar-refractivity contribution in [2.24, 2.45) is 7.05 Å². The maximum absolute atomic E-state index is 10.3. The van der Waals surface area contributed by atoms with E-state index >= 15 is 0 Å². The van der Waals surface area contributed by atoms with E-state index in [2.05, 4.69) is 30.7 Å². The number of aromatic nitrogens is 8. The van der Waals surface area contributed by atoms with E-state index in [1.54, 1.807) is 53.3 Å². The van der Waals surface area contributed by atoms with E-state index in [0.717, 1.165) is 18.7 Å². The summed E-state index contributed by atoms with van der Waals surface area (Å²) in [5.41, 5.74) is 2.67. The second-order valence-corrected chi connectivity index (χ2v) is 7.75. The van der Waals surface area contributed by atoms with Crippen molar-refractivity contribution in [2.75, 3.05) is 26.0 Å². The van der Waals surface area contributed by atoms with Gasteiger partial charge in [0.05, 0.1) is 42.3 Å². The van der Waals surface area contributed by atoms with Gasteiger partial charge in [0.25, 0.3) is 0 Å². The Morgan fingerprint density at radius 1 is 1.18 bits per heavy atom. The van der Waals surface area contributed by atoms with Crippen molar-refractivity contribution in [3.8, 4) is 23.0 Å². The van der Waals surface area contributed by atoms with Crippen molar-refractivity contribution in [1.29, 1.82) is 0 Å². The Morgan fingerprint density at radius 2 is 2.03 bits per heavy atom. The summed E-state index contributed by atoms with van der Waals surface area (Å²) in [4.78, 5) is 15.4. The van der Waals surface area contributed by atoms with Gasteiger partial charge in [0.2, 0.25) is 5.95 Å². The van der Waals surface area contributed by atoms with Crippen LogP contribution in [0.25, 0.3) is 17.2 Å². The number of ether oxygens (including phenoxy) is 1. The topological polar surface area (TPSA) is 132 Å². The molecule has 2 N–H and O–H groups in total. The number of hydrogen-bond acceptors (Lipinski definition) is 10. The number of anilines is 2. The van der Waals surface area contributed by atoms with Gasteiger partial charge in [-0.1, -0.05) is 17.6 Å². The Morgan fingerprint density at radius 3 is 2.74 bits per heavy atom. The maximum Gasteiger partial charge on any atom is 0.227 e. The van der Waals surface area contributed by atoms with Crippen molar-refractivity contribution in [3.05, 3.63) is 54.9 Å². The third kappa shape index (κ3) is 4.23. The van der Waals surface area contributed by atoms with Crippen molar-refractivity contribution >= 4 is 11.6 Å². The smallest absolute Gasteiger partial charge is 0.227 e.